The van der Waals surface area contributed by atoms with Crippen LogP contribution < -0.4 is 5.73 Å². The molecule has 0 saturated heterocycles. The van der Waals surface area contributed by atoms with E-state index in [4.69, 9.17) is 5.73 Å². The standard InChI is InChI=1S/C8H12N2/c9-8-5-6-3-1-2-4-7(6)10-8/h5,10H,1-4,9H2. The summed E-state index contributed by atoms with van der Waals surface area (Å²) in [6.07, 6.45) is 5.03. The maximum Gasteiger partial charge on any atom is 0.101 e. The minimum atomic E-state index is 0.826. The molecule has 2 heteroatoms. The number of nitrogens with one attached hydrogen (secondary N) is 1. The number of rotatable bonds is 0. The van der Waals surface area contributed by atoms with Crippen molar-refractivity contribution in [2.24, 2.45) is 0 Å². The van der Waals surface area contributed by atoms with E-state index in [0.29, 0.717) is 0 Å². The van der Waals surface area contributed by atoms with E-state index in [9.17, 15) is 0 Å². The molecule has 0 amide bonds. The summed E-state index contributed by atoms with van der Waals surface area (Å²) < 4.78 is 0. The Hall–Kier alpha value is -0.920. The van der Waals surface area contributed by atoms with Crippen LogP contribution in [0.4, 0.5) is 5.82 Å². The predicted molar refractivity (Wildman–Crippen MR) is 41.8 cm³/mol. The summed E-state index contributed by atoms with van der Waals surface area (Å²) in [6.45, 7) is 0. The number of aryl methyl sites for hydroxylation is 2. The summed E-state index contributed by atoms with van der Waals surface area (Å²) in [5.74, 6) is 0.826. The van der Waals surface area contributed by atoms with E-state index in [1.807, 2.05) is 0 Å². The number of aromatic amines is 1. The summed E-state index contributed by atoms with van der Waals surface area (Å²) in [4.78, 5) is 3.17. The molecule has 1 aliphatic carbocycles. The first-order valence-electron chi connectivity index (χ1n) is 3.82. The second-order valence-corrected chi connectivity index (χ2v) is 2.94. The lowest BCUT2D eigenvalue weighted by molar-refractivity contribution is 0.677. The second-order valence-electron chi connectivity index (χ2n) is 2.94. The van der Waals surface area contributed by atoms with Crippen molar-refractivity contribution in [3.8, 4) is 0 Å². The lowest BCUT2D eigenvalue weighted by Gasteiger charge is -2.08. The minimum Gasteiger partial charge on any atom is -0.385 e. The molecule has 0 atom stereocenters. The zero-order valence-electron chi connectivity index (χ0n) is 5.98. The highest BCUT2D eigenvalue weighted by atomic mass is 14.9. The maximum atomic E-state index is 5.60. The van der Waals surface area contributed by atoms with Gasteiger partial charge in [0.05, 0.1) is 0 Å². The van der Waals surface area contributed by atoms with Crippen LogP contribution in [0, 0.1) is 0 Å². The van der Waals surface area contributed by atoms with Crippen LogP contribution in [-0.2, 0) is 12.8 Å². The molecule has 10 heavy (non-hydrogen) atoms. The van der Waals surface area contributed by atoms with Crippen molar-refractivity contribution in [3.05, 3.63) is 17.3 Å². The van der Waals surface area contributed by atoms with Gasteiger partial charge >= 0.3 is 0 Å². The van der Waals surface area contributed by atoms with Crippen molar-refractivity contribution in [2.45, 2.75) is 25.7 Å². The van der Waals surface area contributed by atoms with Crippen LogP contribution in [0.1, 0.15) is 24.1 Å². The fourth-order valence-electron chi connectivity index (χ4n) is 1.63. The van der Waals surface area contributed by atoms with Crippen LogP contribution in [0.25, 0.3) is 0 Å². The second kappa shape index (κ2) is 2.04. The fraction of sp³-hybridized carbons (Fsp3) is 0.500. The van der Waals surface area contributed by atoms with Crippen molar-refractivity contribution in [3.63, 3.8) is 0 Å². The molecule has 1 heterocycles. The molecule has 54 valence electrons. The Bertz CT molecular complexity index is 214. The van der Waals surface area contributed by atoms with Gasteiger partial charge in [-0.15, -0.1) is 0 Å². The number of anilines is 1. The lowest BCUT2D eigenvalue weighted by atomic mass is 9.98. The Morgan fingerprint density at radius 2 is 2.10 bits per heavy atom. The third-order valence-corrected chi connectivity index (χ3v) is 2.14. The number of H-pyrrole nitrogens is 1. The summed E-state index contributed by atoms with van der Waals surface area (Å²) in [5, 5.41) is 0. The van der Waals surface area contributed by atoms with Gasteiger partial charge in [-0.3, -0.25) is 0 Å². The van der Waals surface area contributed by atoms with E-state index in [1.54, 1.807) is 0 Å². The largest absolute Gasteiger partial charge is 0.385 e. The maximum absolute atomic E-state index is 5.60. The Labute approximate surface area is 60.4 Å². The van der Waals surface area contributed by atoms with Crippen LogP contribution in [0.2, 0.25) is 0 Å². The predicted octanol–water partition coefficient (Wildman–Crippen LogP) is 1.48. The van der Waals surface area contributed by atoms with Crippen LogP contribution in [0.15, 0.2) is 6.07 Å². The average Bonchev–Trinajstić information content (AvgIpc) is 2.27. The van der Waals surface area contributed by atoms with Crippen LogP contribution in [0.5, 0.6) is 0 Å². The van der Waals surface area contributed by atoms with Gasteiger partial charge in [-0.2, -0.15) is 0 Å². The molecule has 3 N–H and O–H groups in total. The van der Waals surface area contributed by atoms with Crippen LogP contribution in [0.3, 0.4) is 0 Å². The molecule has 0 aromatic carbocycles. The number of hydrogen-bond donors (Lipinski definition) is 2. The fourth-order valence-corrected chi connectivity index (χ4v) is 1.63. The molecule has 1 aromatic heterocycles. The lowest BCUT2D eigenvalue weighted by Crippen LogP contribution is -1.99. The van der Waals surface area contributed by atoms with Gasteiger partial charge in [0.2, 0.25) is 0 Å². The van der Waals surface area contributed by atoms with Gasteiger partial charge in [0, 0.05) is 5.69 Å². The minimum absolute atomic E-state index is 0.826. The quantitative estimate of drug-likeness (QED) is 0.557. The molecule has 1 aromatic rings. The summed E-state index contributed by atoms with van der Waals surface area (Å²) >= 11 is 0. The number of nitrogen functional groups attached to an aromatic ring is 1. The first-order chi connectivity index (χ1) is 4.86. The molecule has 0 bridgehead atoms. The molecule has 0 aliphatic heterocycles. The molecule has 0 unspecified atom stereocenters. The topological polar surface area (TPSA) is 41.8 Å². The zero-order chi connectivity index (χ0) is 6.97. The van der Waals surface area contributed by atoms with E-state index >= 15 is 0 Å². The summed E-state index contributed by atoms with van der Waals surface area (Å²) in [5.41, 5.74) is 8.40. The molecule has 1 aliphatic rings. The average molecular weight is 136 g/mol. The van der Waals surface area contributed by atoms with Gasteiger partial charge in [0.1, 0.15) is 5.82 Å². The molecule has 2 nitrogen and oxygen atoms in total. The Kier molecular flexibility index (Phi) is 1.19. The Morgan fingerprint density at radius 1 is 1.30 bits per heavy atom. The SMILES string of the molecule is Nc1cc2c([nH]1)CCCC2. The number of aromatic nitrogens is 1. The van der Waals surface area contributed by atoms with Gasteiger partial charge < -0.3 is 10.7 Å². The van der Waals surface area contributed by atoms with E-state index in [-0.39, 0.29) is 0 Å². The molecular formula is C8H12N2. The monoisotopic (exact) mass is 136 g/mol. The van der Waals surface area contributed by atoms with Crippen molar-refractivity contribution < 1.29 is 0 Å². The normalized spacial score (nSPS) is 16.8. The van der Waals surface area contributed by atoms with Gasteiger partial charge in [0.25, 0.3) is 0 Å². The molecule has 2 rings (SSSR count). The van der Waals surface area contributed by atoms with E-state index in [1.165, 1.54) is 36.9 Å². The van der Waals surface area contributed by atoms with Crippen LogP contribution in [-0.4, -0.2) is 4.98 Å². The van der Waals surface area contributed by atoms with Crippen molar-refractivity contribution in [1.29, 1.82) is 0 Å². The van der Waals surface area contributed by atoms with E-state index in [0.717, 1.165) is 5.82 Å². The van der Waals surface area contributed by atoms with Crippen molar-refractivity contribution >= 4 is 5.82 Å². The number of nitrogens with two attached hydrogens (primary N) is 1. The third kappa shape index (κ3) is 0.801. The highest BCUT2D eigenvalue weighted by molar-refractivity contribution is 5.39. The molecule has 0 spiro atoms. The molecule has 0 fully saturated rings. The van der Waals surface area contributed by atoms with E-state index < -0.39 is 0 Å². The van der Waals surface area contributed by atoms with Gasteiger partial charge in [0.15, 0.2) is 0 Å². The van der Waals surface area contributed by atoms with Crippen LogP contribution >= 0.6 is 0 Å². The zero-order valence-corrected chi connectivity index (χ0v) is 5.98. The highest BCUT2D eigenvalue weighted by Crippen LogP contribution is 2.21. The van der Waals surface area contributed by atoms with Gasteiger partial charge in [-0.25, -0.2) is 0 Å². The first kappa shape index (κ1) is 5.83. The number of hydrogen-bond acceptors (Lipinski definition) is 1. The van der Waals surface area contributed by atoms with Crippen molar-refractivity contribution in [2.75, 3.05) is 5.73 Å². The summed E-state index contributed by atoms with van der Waals surface area (Å²) in [7, 11) is 0. The Morgan fingerprint density at radius 3 is 2.90 bits per heavy atom. The van der Waals surface area contributed by atoms with Crippen molar-refractivity contribution in [1.82, 2.24) is 4.98 Å². The summed E-state index contributed by atoms with van der Waals surface area (Å²) in [6, 6.07) is 2.06. The Balaban J connectivity index is 2.41. The van der Waals surface area contributed by atoms with E-state index in [2.05, 4.69) is 11.1 Å². The third-order valence-electron chi connectivity index (χ3n) is 2.14. The highest BCUT2D eigenvalue weighted by Gasteiger charge is 2.10. The molecule has 0 saturated carbocycles. The smallest absolute Gasteiger partial charge is 0.101 e. The van der Waals surface area contributed by atoms with Gasteiger partial charge in [-0.1, -0.05) is 0 Å². The number of fused-ring (bicyclic) bond motifs is 1. The molecular weight excluding hydrogens is 124 g/mol. The first-order valence-corrected chi connectivity index (χ1v) is 3.82. The van der Waals surface area contributed by atoms with Gasteiger partial charge in [-0.05, 0) is 37.3 Å². The molecule has 0 radical (unpaired) electrons.